The van der Waals surface area contributed by atoms with E-state index in [2.05, 4.69) is 9.97 Å². The Labute approximate surface area is 127 Å². The minimum atomic E-state index is -0.245. The average molecular weight is 304 g/mol. The molecular formula is C16H15ClFN3. The van der Waals surface area contributed by atoms with Crippen molar-refractivity contribution in [2.75, 3.05) is 0 Å². The lowest BCUT2D eigenvalue weighted by Gasteiger charge is -2.10. The fraction of sp³-hybridized carbons (Fsp3) is 0.250. The number of rotatable bonds is 3. The van der Waals surface area contributed by atoms with Crippen molar-refractivity contribution in [1.82, 2.24) is 14.5 Å². The molecule has 0 atom stereocenters. The molecule has 21 heavy (non-hydrogen) atoms. The number of nitrogens with zero attached hydrogens (tertiary/aromatic N) is 3. The van der Waals surface area contributed by atoms with Crippen LogP contribution in [0.15, 0.2) is 30.6 Å². The highest BCUT2D eigenvalue weighted by Crippen LogP contribution is 2.23. The van der Waals surface area contributed by atoms with Crippen LogP contribution in [0.3, 0.4) is 0 Å². The number of hydrogen-bond acceptors (Lipinski definition) is 2. The topological polar surface area (TPSA) is 30.7 Å². The molecule has 0 saturated carbocycles. The maximum absolute atomic E-state index is 13.7. The Morgan fingerprint density at radius 3 is 2.76 bits per heavy atom. The summed E-state index contributed by atoms with van der Waals surface area (Å²) in [5.41, 5.74) is 4.40. The van der Waals surface area contributed by atoms with E-state index in [1.165, 1.54) is 6.07 Å². The Balaban J connectivity index is 2.16. The molecule has 0 amide bonds. The highest BCUT2D eigenvalue weighted by atomic mass is 35.5. The maximum atomic E-state index is 13.7. The molecule has 0 bridgehead atoms. The van der Waals surface area contributed by atoms with Crippen molar-refractivity contribution < 1.29 is 4.39 Å². The molecule has 3 nitrogen and oxygen atoms in total. The summed E-state index contributed by atoms with van der Waals surface area (Å²) >= 11 is 6.00. The molecule has 2 heterocycles. The number of fused-ring (bicyclic) bond motifs is 1. The smallest absolute Gasteiger partial charge is 0.128 e. The standard InChI is InChI=1S/C16H15ClFN3/c1-10-3-4-19-8-12(10)9-21-15-5-11(2)13(18)6-14(15)20-16(21)7-17/h3-6,8H,7,9H2,1-2H3. The van der Waals surface area contributed by atoms with Gasteiger partial charge >= 0.3 is 0 Å². The normalized spacial score (nSPS) is 11.2. The maximum Gasteiger partial charge on any atom is 0.128 e. The first kappa shape index (κ1) is 14.0. The number of aromatic nitrogens is 3. The monoisotopic (exact) mass is 303 g/mol. The number of benzene rings is 1. The van der Waals surface area contributed by atoms with E-state index in [9.17, 15) is 4.39 Å². The quantitative estimate of drug-likeness (QED) is 0.685. The largest absolute Gasteiger partial charge is 0.322 e. The van der Waals surface area contributed by atoms with Crippen LogP contribution in [-0.4, -0.2) is 14.5 Å². The number of pyridine rings is 1. The molecule has 0 N–H and O–H groups in total. The first-order chi connectivity index (χ1) is 10.1. The van der Waals surface area contributed by atoms with E-state index in [1.807, 2.05) is 29.8 Å². The Morgan fingerprint density at radius 1 is 1.24 bits per heavy atom. The van der Waals surface area contributed by atoms with Gasteiger partial charge in [0.25, 0.3) is 0 Å². The number of aryl methyl sites for hydroxylation is 2. The first-order valence-corrected chi connectivity index (χ1v) is 7.24. The van der Waals surface area contributed by atoms with Gasteiger partial charge in [0.05, 0.1) is 23.5 Å². The van der Waals surface area contributed by atoms with Gasteiger partial charge in [0, 0.05) is 18.5 Å². The van der Waals surface area contributed by atoms with Gasteiger partial charge in [0.2, 0.25) is 0 Å². The van der Waals surface area contributed by atoms with Crippen molar-refractivity contribution in [2.24, 2.45) is 0 Å². The van der Waals surface area contributed by atoms with E-state index in [-0.39, 0.29) is 11.7 Å². The Kier molecular flexibility index (Phi) is 3.64. The predicted molar refractivity (Wildman–Crippen MR) is 82.1 cm³/mol. The third-order valence-corrected chi connectivity index (χ3v) is 3.94. The highest BCUT2D eigenvalue weighted by molar-refractivity contribution is 6.16. The summed E-state index contributed by atoms with van der Waals surface area (Å²) in [6.45, 7) is 4.42. The molecule has 0 fully saturated rings. The molecule has 0 spiro atoms. The Bertz CT molecular complexity index is 811. The lowest BCUT2D eigenvalue weighted by atomic mass is 10.1. The molecule has 0 aliphatic heterocycles. The van der Waals surface area contributed by atoms with Crippen LogP contribution in [0.25, 0.3) is 11.0 Å². The molecule has 5 heteroatoms. The number of imidazole rings is 1. The van der Waals surface area contributed by atoms with Crippen molar-refractivity contribution >= 4 is 22.6 Å². The Hall–Kier alpha value is -1.94. The van der Waals surface area contributed by atoms with Gasteiger partial charge in [-0.2, -0.15) is 0 Å². The average Bonchev–Trinajstić information content (AvgIpc) is 2.79. The second kappa shape index (κ2) is 5.45. The van der Waals surface area contributed by atoms with Crippen molar-refractivity contribution in [2.45, 2.75) is 26.3 Å². The van der Waals surface area contributed by atoms with Gasteiger partial charge in [-0.3, -0.25) is 4.98 Å². The number of alkyl halides is 1. The second-order valence-corrected chi connectivity index (χ2v) is 5.41. The SMILES string of the molecule is Cc1cc2c(cc1F)nc(CCl)n2Cc1cnccc1C. The van der Waals surface area contributed by atoms with Gasteiger partial charge in [-0.1, -0.05) is 0 Å². The molecule has 3 rings (SSSR count). The fourth-order valence-electron chi connectivity index (χ4n) is 2.41. The van der Waals surface area contributed by atoms with Crippen molar-refractivity contribution in [3.05, 3.63) is 58.9 Å². The van der Waals surface area contributed by atoms with Crippen LogP contribution in [-0.2, 0) is 12.4 Å². The van der Waals surface area contributed by atoms with Crippen LogP contribution in [0.4, 0.5) is 4.39 Å². The summed E-state index contributed by atoms with van der Waals surface area (Å²) in [6, 6.07) is 5.26. The lowest BCUT2D eigenvalue weighted by Crippen LogP contribution is -2.05. The number of hydrogen-bond donors (Lipinski definition) is 0. The van der Waals surface area contributed by atoms with Crippen molar-refractivity contribution in [3.63, 3.8) is 0 Å². The van der Waals surface area contributed by atoms with Crippen molar-refractivity contribution in [3.8, 4) is 0 Å². The third kappa shape index (κ3) is 2.51. The minimum Gasteiger partial charge on any atom is -0.322 e. The molecule has 108 valence electrons. The van der Waals surface area contributed by atoms with Crippen molar-refractivity contribution in [1.29, 1.82) is 0 Å². The van der Waals surface area contributed by atoms with Crippen LogP contribution in [0, 0.1) is 19.7 Å². The predicted octanol–water partition coefficient (Wildman–Crippen LogP) is 3.97. The van der Waals surface area contributed by atoms with Gasteiger partial charge in [-0.25, -0.2) is 9.37 Å². The molecule has 3 aromatic rings. The summed E-state index contributed by atoms with van der Waals surface area (Å²) in [5, 5.41) is 0. The third-order valence-electron chi connectivity index (χ3n) is 3.70. The van der Waals surface area contributed by atoms with E-state index in [4.69, 9.17) is 11.6 Å². The van der Waals surface area contributed by atoms with Gasteiger partial charge in [-0.05, 0) is 42.7 Å². The molecule has 0 radical (unpaired) electrons. The van der Waals surface area contributed by atoms with Crippen LogP contribution in [0.1, 0.15) is 22.5 Å². The van der Waals surface area contributed by atoms with Gasteiger partial charge in [0.1, 0.15) is 11.6 Å². The molecule has 0 unspecified atom stereocenters. The second-order valence-electron chi connectivity index (χ2n) is 5.14. The summed E-state index contributed by atoms with van der Waals surface area (Å²) in [6.07, 6.45) is 3.61. The molecule has 1 aromatic carbocycles. The molecule has 2 aromatic heterocycles. The van der Waals surface area contributed by atoms with E-state index in [0.29, 0.717) is 17.6 Å². The van der Waals surface area contributed by atoms with E-state index >= 15 is 0 Å². The zero-order valence-electron chi connectivity index (χ0n) is 11.9. The molecule has 0 aliphatic rings. The van der Waals surface area contributed by atoms with Crippen LogP contribution in [0.2, 0.25) is 0 Å². The summed E-state index contributed by atoms with van der Waals surface area (Å²) < 4.78 is 15.7. The van der Waals surface area contributed by atoms with Crippen LogP contribution in [0.5, 0.6) is 0 Å². The van der Waals surface area contributed by atoms with Crippen LogP contribution < -0.4 is 0 Å². The molecule has 0 saturated heterocycles. The van der Waals surface area contributed by atoms with E-state index in [0.717, 1.165) is 22.5 Å². The molecule has 0 aliphatic carbocycles. The van der Waals surface area contributed by atoms with Gasteiger partial charge in [-0.15, -0.1) is 11.6 Å². The Morgan fingerprint density at radius 2 is 2.05 bits per heavy atom. The first-order valence-electron chi connectivity index (χ1n) is 6.71. The summed E-state index contributed by atoms with van der Waals surface area (Å²) in [5.74, 6) is 0.778. The highest BCUT2D eigenvalue weighted by Gasteiger charge is 2.13. The lowest BCUT2D eigenvalue weighted by molar-refractivity contribution is 0.620. The fourth-order valence-corrected chi connectivity index (χ4v) is 2.62. The van der Waals surface area contributed by atoms with Gasteiger partial charge in [0.15, 0.2) is 0 Å². The number of halogens is 2. The minimum absolute atomic E-state index is 0.245. The van der Waals surface area contributed by atoms with E-state index < -0.39 is 0 Å². The summed E-state index contributed by atoms with van der Waals surface area (Å²) in [7, 11) is 0. The van der Waals surface area contributed by atoms with Gasteiger partial charge < -0.3 is 4.57 Å². The summed E-state index contributed by atoms with van der Waals surface area (Å²) in [4.78, 5) is 8.60. The molecular weight excluding hydrogens is 289 g/mol. The zero-order chi connectivity index (χ0) is 15.0. The zero-order valence-corrected chi connectivity index (χ0v) is 12.7. The van der Waals surface area contributed by atoms with Crippen LogP contribution >= 0.6 is 11.6 Å². The van der Waals surface area contributed by atoms with E-state index in [1.54, 1.807) is 13.1 Å².